The number of phenols is 1. The second-order valence-electron chi connectivity index (χ2n) is 4.53. The second kappa shape index (κ2) is 3.49. The van der Waals surface area contributed by atoms with Crippen LogP contribution in [0.4, 0.5) is 0 Å². The van der Waals surface area contributed by atoms with Crippen molar-refractivity contribution in [2.24, 2.45) is 5.73 Å². The molecule has 0 heterocycles. The molecule has 15 heavy (non-hydrogen) atoms. The van der Waals surface area contributed by atoms with E-state index in [-0.39, 0.29) is 5.54 Å². The van der Waals surface area contributed by atoms with E-state index in [1.54, 1.807) is 0 Å². The standard InChI is InChI=1S/C12H16BrNO/c1-7-6-9(13)11(15)10(8(7)2)12(14)4-3-5-12/h6,15H,3-5,14H2,1-2H3. The predicted octanol–water partition coefficient (Wildman–Crippen LogP) is 3.11. The zero-order valence-electron chi connectivity index (χ0n) is 9.10. The Hall–Kier alpha value is -0.540. The number of aromatic hydroxyl groups is 1. The average molecular weight is 270 g/mol. The molecule has 1 aromatic rings. The van der Waals surface area contributed by atoms with E-state index >= 15 is 0 Å². The van der Waals surface area contributed by atoms with Crippen molar-refractivity contribution in [3.8, 4) is 5.75 Å². The second-order valence-corrected chi connectivity index (χ2v) is 5.39. The molecule has 0 bridgehead atoms. The summed E-state index contributed by atoms with van der Waals surface area (Å²) in [6.45, 7) is 4.08. The molecular formula is C12H16BrNO. The van der Waals surface area contributed by atoms with E-state index in [1.165, 1.54) is 5.56 Å². The van der Waals surface area contributed by atoms with Crippen LogP contribution in [0, 0.1) is 13.8 Å². The lowest BCUT2D eigenvalue weighted by Crippen LogP contribution is -2.44. The van der Waals surface area contributed by atoms with Gasteiger partial charge in [0.1, 0.15) is 5.75 Å². The van der Waals surface area contributed by atoms with Crippen molar-refractivity contribution in [2.75, 3.05) is 0 Å². The summed E-state index contributed by atoms with van der Waals surface area (Å²) in [6, 6.07) is 1.94. The summed E-state index contributed by atoms with van der Waals surface area (Å²) in [7, 11) is 0. The minimum absolute atomic E-state index is 0.303. The van der Waals surface area contributed by atoms with E-state index in [9.17, 15) is 5.11 Å². The van der Waals surface area contributed by atoms with Crippen molar-refractivity contribution < 1.29 is 5.11 Å². The lowest BCUT2D eigenvalue weighted by molar-refractivity contribution is 0.244. The Bertz CT molecular complexity index is 384. The topological polar surface area (TPSA) is 46.2 Å². The smallest absolute Gasteiger partial charge is 0.135 e. The number of hydrogen-bond donors (Lipinski definition) is 2. The maximum Gasteiger partial charge on any atom is 0.135 e. The molecule has 0 aliphatic heterocycles. The van der Waals surface area contributed by atoms with Crippen molar-refractivity contribution >= 4 is 15.9 Å². The van der Waals surface area contributed by atoms with Gasteiger partial charge in [0, 0.05) is 11.1 Å². The molecule has 0 spiro atoms. The molecule has 1 aromatic carbocycles. The maximum absolute atomic E-state index is 10.1. The van der Waals surface area contributed by atoms with Gasteiger partial charge in [-0.2, -0.15) is 0 Å². The van der Waals surface area contributed by atoms with Gasteiger partial charge in [0.25, 0.3) is 0 Å². The summed E-state index contributed by atoms with van der Waals surface area (Å²) < 4.78 is 0.748. The molecule has 1 fully saturated rings. The predicted molar refractivity (Wildman–Crippen MR) is 65.0 cm³/mol. The number of hydrogen-bond acceptors (Lipinski definition) is 2. The Labute approximate surface area is 98.6 Å². The summed E-state index contributed by atoms with van der Waals surface area (Å²) >= 11 is 3.37. The number of rotatable bonds is 1. The van der Waals surface area contributed by atoms with Crippen LogP contribution < -0.4 is 5.73 Å². The fourth-order valence-corrected chi connectivity index (χ4v) is 2.82. The highest BCUT2D eigenvalue weighted by Crippen LogP contribution is 2.46. The van der Waals surface area contributed by atoms with Gasteiger partial charge in [-0.15, -0.1) is 0 Å². The molecule has 0 atom stereocenters. The zero-order chi connectivity index (χ0) is 11.2. The molecule has 2 nitrogen and oxygen atoms in total. The average Bonchev–Trinajstić information content (AvgIpc) is 2.12. The van der Waals surface area contributed by atoms with Crippen LogP contribution in [0.15, 0.2) is 10.5 Å². The Morgan fingerprint density at radius 1 is 1.40 bits per heavy atom. The van der Waals surface area contributed by atoms with E-state index in [4.69, 9.17) is 5.73 Å². The monoisotopic (exact) mass is 269 g/mol. The molecule has 0 unspecified atom stereocenters. The molecule has 1 aliphatic rings. The van der Waals surface area contributed by atoms with Crippen molar-refractivity contribution in [3.05, 3.63) is 27.2 Å². The summed E-state index contributed by atoms with van der Waals surface area (Å²) in [5, 5.41) is 10.1. The fourth-order valence-electron chi connectivity index (χ4n) is 2.28. The molecule has 0 radical (unpaired) electrons. The first-order valence-corrected chi connectivity index (χ1v) is 6.03. The Morgan fingerprint density at radius 2 is 2.00 bits per heavy atom. The van der Waals surface area contributed by atoms with Gasteiger partial charge >= 0.3 is 0 Å². The summed E-state index contributed by atoms with van der Waals surface area (Å²) in [6.07, 6.45) is 3.09. The molecule has 0 amide bonds. The minimum atomic E-state index is -0.303. The van der Waals surface area contributed by atoms with Gasteiger partial charge in [0.2, 0.25) is 0 Å². The lowest BCUT2D eigenvalue weighted by Gasteiger charge is -2.40. The van der Waals surface area contributed by atoms with Gasteiger partial charge in [-0.05, 0) is 66.2 Å². The number of nitrogens with two attached hydrogens (primary N) is 1. The van der Waals surface area contributed by atoms with Crippen molar-refractivity contribution in [3.63, 3.8) is 0 Å². The number of benzene rings is 1. The minimum Gasteiger partial charge on any atom is -0.506 e. The van der Waals surface area contributed by atoms with Crippen molar-refractivity contribution in [2.45, 2.75) is 38.6 Å². The van der Waals surface area contributed by atoms with Gasteiger partial charge < -0.3 is 10.8 Å². The van der Waals surface area contributed by atoms with Crippen LogP contribution in [0.3, 0.4) is 0 Å². The SMILES string of the molecule is Cc1cc(Br)c(O)c(C2(N)CCC2)c1C. The Morgan fingerprint density at radius 3 is 2.47 bits per heavy atom. The van der Waals surface area contributed by atoms with Crippen LogP contribution in [-0.2, 0) is 5.54 Å². The Balaban J connectivity index is 2.63. The summed E-state index contributed by atoms with van der Waals surface area (Å²) in [5.41, 5.74) is 9.21. The molecule has 3 N–H and O–H groups in total. The maximum atomic E-state index is 10.1. The van der Waals surface area contributed by atoms with E-state index in [0.717, 1.165) is 34.9 Å². The summed E-state index contributed by atoms with van der Waals surface area (Å²) in [5.74, 6) is 0.320. The zero-order valence-corrected chi connectivity index (χ0v) is 10.7. The van der Waals surface area contributed by atoms with Crippen molar-refractivity contribution in [1.82, 2.24) is 0 Å². The van der Waals surface area contributed by atoms with E-state index < -0.39 is 0 Å². The molecule has 0 aromatic heterocycles. The van der Waals surface area contributed by atoms with Crippen molar-refractivity contribution in [1.29, 1.82) is 0 Å². The van der Waals surface area contributed by atoms with E-state index in [1.807, 2.05) is 19.9 Å². The van der Waals surface area contributed by atoms with Crippen LogP contribution in [0.5, 0.6) is 5.75 Å². The lowest BCUT2D eigenvalue weighted by atomic mass is 9.70. The van der Waals surface area contributed by atoms with Crippen LogP contribution in [-0.4, -0.2) is 5.11 Å². The van der Waals surface area contributed by atoms with Gasteiger partial charge in [-0.1, -0.05) is 0 Å². The molecule has 82 valence electrons. The largest absolute Gasteiger partial charge is 0.506 e. The number of phenolic OH excluding ortho intramolecular Hbond substituents is 1. The molecule has 1 saturated carbocycles. The first-order valence-electron chi connectivity index (χ1n) is 5.24. The molecule has 2 rings (SSSR count). The molecular weight excluding hydrogens is 254 g/mol. The van der Waals surface area contributed by atoms with E-state index in [2.05, 4.69) is 15.9 Å². The van der Waals surface area contributed by atoms with E-state index in [0.29, 0.717) is 5.75 Å². The van der Waals surface area contributed by atoms with Gasteiger partial charge in [-0.25, -0.2) is 0 Å². The highest BCUT2D eigenvalue weighted by molar-refractivity contribution is 9.10. The first kappa shape index (κ1) is 11.0. The van der Waals surface area contributed by atoms with Gasteiger partial charge in [0.05, 0.1) is 4.47 Å². The van der Waals surface area contributed by atoms with Crippen LogP contribution >= 0.6 is 15.9 Å². The highest BCUT2D eigenvalue weighted by atomic mass is 79.9. The molecule has 0 saturated heterocycles. The van der Waals surface area contributed by atoms with Gasteiger partial charge in [-0.3, -0.25) is 0 Å². The Kier molecular flexibility index (Phi) is 2.55. The molecule has 3 heteroatoms. The van der Waals surface area contributed by atoms with Crippen LogP contribution in [0.25, 0.3) is 0 Å². The van der Waals surface area contributed by atoms with Gasteiger partial charge in [0.15, 0.2) is 0 Å². The van der Waals surface area contributed by atoms with Crippen LogP contribution in [0.1, 0.15) is 36.0 Å². The highest BCUT2D eigenvalue weighted by Gasteiger charge is 2.38. The third-order valence-electron chi connectivity index (χ3n) is 3.52. The van der Waals surface area contributed by atoms with Crippen LogP contribution in [0.2, 0.25) is 0 Å². The normalized spacial score (nSPS) is 18.7. The molecule has 1 aliphatic carbocycles. The summed E-state index contributed by atoms with van der Waals surface area (Å²) in [4.78, 5) is 0. The third-order valence-corrected chi connectivity index (χ3v) is 4.12. The first-order chi connectivity index (χ1) is 6.96. The third kappa shape index (κ3) is 1.58. The number of aryl methyl sites for hydroxylation is 1. The number of halogens is 1. The quantitative estimate of drug-likeness (QED) is 0.823. The fraction of sp³-hybridized carbons (Fsp3) is 0.500.